The number of para-hydroxylation sites is 4. The zero-order chi connectivity index (χ0) is 31.2. The fourth-order valence-corrected chi connectivity index (χ4v) is 4.88. The zero-order valence-electron chi connectivity index (χ0n) is 25.8. The van der Waals surface area contributed by atoms with E-state index in [4.69, 9.17) is 0 Å². The van der Waals surface area contributed by atoms with Crippen LogP contribution in [0.2, 0.25) is 0 Å². The fourth-order valence-electron chi connectivity index (χ4n) is 4.88. The molecule has 8 rings (SSSR count). The Morgan fingerprint density at radius 2 is 1.20 bits per heavy atom. The predicted octanol–water partition coefficient (Wildman–Crippen LogP) is 4.62. The maximum absolute atomic E-state index is 4.02. The van der Waals surface area contributed by atoms with Crippen LogP contribution in [0, 0.1) is 38.6 Å². The molecule has 46 heavy (non-hydrogen) atoms. The van der Waals surface area contributed by atoms with Gasteiger partial charge in [-0.2, -0.15) is 64.9 Å². The number of benzene rings is 4. The van der Waals surface area contributed by atoms with E-state index in [1.54, 1.807) is 12.3 Å². The van der Waals surface area contributed by atoms with Crippen molar-refractivity contribution in [1.82, 2.24) is 34.7 Å². The molecule has 0 atom stereocenters. The first kappa shape index (κ1) is 32.1. The minimum atomic E-state index is 0. The number of nitrogens with zero attached hydrogens (tertiary/aromatic N) is 9. The number of rotatable bonds is 3. The second kappa shape index (κ2) is 14.6. The molecule has 231 valence electrons. The molecule has 0 saturated carbocycles. The summed E-state index contributed by atoms with van der Waals surface area (Å²) in [6.45, 7) is 4.17. The van der Waals surface area contributed by atoms with E-state index in [0.717, 1.165) is 22.4 Å². The van der Waals surface area contributed by atoms with Gasteiger partial charge in [0.15, 0.2) is 0 Å². The van der Waals surface area contributed by atoms with Gasteiger partial charge in [-0.1, -0.05) is 79.8 Å². The summed E-state index contributed by atoms with van der Waals surface area (Å²) < 4.78 is 8.10. The first-order valence-electron chi connectivity index (χ1n) is 14.3. The molecule has 4 aromatic carbocycles. The van der Waals surface area contributed by atoms with Crippen molar-refractivity contribution in [1.29, 1.82) is 0 Å². The van der Waals surface area contributed by atoms with Crippen LogP contribution in [-0.4, -0.2) is 29.6 Å². The monoisotopic (exact) mass is 781 g/mol. The summed E-state index contributed by atoms with van der Waals surface area (Å²) in [6.07, 6.45) is 8.27. The van der Waals surface area contributed by atoms with Crippen molar-refractivity contribution in [2.75, 3.05) is 0 Å². The molecule has 1 radical (unpaired) electrons. The summed E-state index contributed by atoms with van der Waals surface area (Å²) in [7, 11) is 4.02. The summed E-state index contributed by atoms with van der Waals surface area (Å²) in [5.41, 5.74) is 9.85. The van der Waals surface area contributed by atoms with E-state index in [0.29, 0.717) is 11.5 Å². The number of pyridine rings is 1. The van der Waals surface area contributed by atoms with Crippen molar-refractivity contribution in [3.63, 3.8) is 0 Å². The van der Waals surface area contributed by atoms with Crippen molar-refractivity contribution in [2.24, 2.45) is 14.1 Å². The molecule has 0 aliphatic carbocycles. The van der Waals surface area contributed by atoms with Crippen LogP contribution in [0.15, 0.2) is 109 Å². The third kappa shape index (κ3) is 7.15. The summed E-state index contributed by atoms with van der Waals surface area (Å²) in [5, 5.41) is 14.0. The largest absolute Gasteiger partial charge is 0.342 e. The van der Waals surface area contributed by atoms with Gasteiger partial charge in [0.1, 0.15) is 0 Å². The number of hydrogen-bond acceptors (Lipinski definition) is 4. The Labute approximate surface area is 281 Å². The Kier molecular flexibility index (Phi) is 10.2. The normalized spacial score (nSPS) is 10.4. The number of fused-ring (bicyclic) bond motifs is 2. The van der Waals surface area contributed by atoms with Crippen LogP contribution < -0.4 is 14.2 Å². The molecular weight excluding hydrogens is 751 g/mol. The number of aryl methyl sites for hydroxylation is 4. The molecule has 0 amide bonds. The van der Waals surface area contributed by atoms with Crippen LogP contribution in [-0.2, 0) is 34.2 Å². The van der Waals surface area contributed by atoms with Gasteiger partial charge in [-0.15, -0.1) is 0 Å². The van der Waals surface area contributed by atoms with Crippen LogP contribution in [0.25, 0.3) is 45.0 Å². The van der Waals surface area contributed by atoms with Crippen LogP contribution in [0.3, 0.4) is 0 Å². The molecule has 9 nitrogen and oxygen atoms in total. The van der Waals surface area contributed by atoms with Crippen molar-refractivity contribution < 1.29 is 29.2 Å². The van der Waals surface area contributed by atoms with E-state index in [1.807, 2.05) is 80.9 Å². The van der Waals surface area contributed by atoms with Crippen LogP contribution in [0.4, 0.5) is 0 Å². The Balaban J connectivity index is 0.000000138. The van der Waals surface area contributed by atoms with Crippen LogP contribution in [0.1, 0.15) is 11.1 Å². The van der Waals surface area contributed by atoms with Gasteiger partial charge >= 0.3 is 0 Å². The maximum Gasteiger partial charge on any atom is 0.242 e. The van der Waals surface area contributed by atoms with Gasteiger partial charge in [-0.25, -0.2) is 0 Å². The van der Waals surface area contributed by atoms with Gasteiger partial charge in [0.25, 0.3) is 0 Å². The Hall–Kier alpha value is -5.31. The van der Waals surface area contributed by atoms with Crippen molar-refractivity contribution in [3.05, 3.63) is 145 Å². The Bertz CT molecular complexity index is 2050. The molecule has 0 spiro atoms. The first-order valence-corrected chi connectivity index (χ1v) is 14.3. The minimum absolute atomic E-state index is 0. The third-order valence-electron chi connectivity index (χ3n) is 7.05. The summed E-state index contributed by atoms with van der Waals surface area (Å²) in [4.78, 5) is 4.02. The molecule has 10 heteroatoms. The topological polar surface area (TPSA) is 83.3 Å². The predicted molar refractivity (Wildman–Crippen MR) is 170 cm³/mol. The van der Waals surface area contributed by atoms with Gasteiger partial charge in [0.2, 0.25) is 12.7 Å². The van der Waals surface area contributed by atoms with Gasteiger partial charge in [-0.3, -0.25) is 15.3 Å². The van der Waals surface area contributed by atoms with E-state index < -0.39 is 0 Å². The number of tetrazole rings is 1. The van der Waals surface area contributed by atoms with Gasteiger partial charge in [0, 0.05) is 26.3 Å². The molecule has 0 aliphatic heterocycles. The number of aromatic nitrogens is 9. The standard InChI is InChI=1S/2C15H13N2.C6H4N5.Ir/c2*1-12-6-5-7-13(10-12)17-11-16(2)14-8-3-4-9-15(14)17;1-2-4-7-5(3-1)6-8-10-11-9-6;/h2*3-6,8-10H,1-2H3;1-4H;/q3*-1;. The van der Waals surface area contributed by atoms with Crippen LogP contribution in [0.5, 0.6) is 0 Å². The van der Waals surface area contributed by atoms with E-state index >= 15 is 0 Å². The second-order valence-electron chi connectivity index (χ2n) is 10.4. The third-order valence-corrected chi connectivity index (χ3v) is 7.05. The van der Waals surface area contributed by atoms with E-state index in [1.165, 1.54) is 22.2 Å². The van der Waals surface area contributed by atoms with Gasteiger partial charge in [0.05, 0.1) is 47.7 Å². The average Bonchev–Trinajstić information content (AvgIpc) is 3.81. The molecule has 0 aliphatic rings. The molecule has 4 aromatic heterocycles. The Morgan fingerprint density at radius 3 is 1.65 bits per heavy atom. The van der Waals surface area contributed by atoms with Crippen molar-refractivity contribution in [2.45, 2.75) is 13.8 Å². The summed E-state index contributed by atoms with van der Waals surface area (Å²) in [5.74, 6) is 0.464. The molecular formula is C36H30IrN9-3. The molecule has 0 N–H and O–H groups in total. The second-order valence-corrected chi connectivity index (χ2v) is 10.4. The zero-order valence-corrected chi connectivity index (χ0v) is 28.1. The quantitative estimate of drug-likeness (QED) is 0.193. The van der Waals surface area contributed by atoms with E-state index in [-0.39, 0.29) is 20.1 Å². The molecule has 0 fully saturated rings. The minimum Gasteiger partial charge on any atom is -0.342 e. The number of imidazole rings is 2. The number of hydrogen-bond donors (Lipinski definition) is 0. The van der Waals surface area contributed by atoms with Crippen molar-refractivity contribution in [3.8, 4) is 22.9 Å². The van der Waals surface area contributed by atoms with Gasteiger partial charge in [-0.05, 0) is 12.1 Å². The summed E-state index contributed by atoms with van der Waals surface area (Å²) >= 11 is 0. The van der Waals surface area contributed by atoms with Gasteiger partial charge < -0.3 is 23.4 Å². The molecule has 0 unspecified atom stereocenters. The SMILES string of the molecule is Cc1cc[c-]c(-n2[c-][n+](C)c3ccccc32)c1.Cc1cc[c-]c(-n2[c-][n+](C)c3ccccc32)c1.[Ir].c1ccc(-c2nnn[n-]2)nc1. The summed E-state index contributed by atoms with van der Waals surface area (Å²) in [6, 6.07) is 40.8. The smallest absolute Gasteiger partial charge is 0.242 e. The molecule has 4 heterocycles. The van der Waals surface area contributed by atoms with E-state index in [9.17, 15) is 0 Å². The van der Waals surface area contributed by atoms with Crippen molar-refractivity contribution >= 4 is 22.1 Å². The Morgan fingerprint density at radius 1 is 0.674 bits per heavy atom. The molecule has 8 aromatic rings. The van der Waals surface area contributed by atoms with Crippen LogP contribution >= 0.6 is 0 Å². The van der Waals surface area contributed by atoms with E-state index in [2.05, 4.69) is 113 Å². The molecule has 0 bridgehead atoms. The average molecular weight is 781 g/mol. The molecule has 0 saturated heterocycles. The fraction of sp³-hybridized carbons (Fsp3) is 0.111. The maximum atomic E-state index is 4.02. The first-order chi connectivity index (χ1) is 22.0.